The van der Waals surface area contributed by atoms with Gasteiger partial charge in [-0.1, -0.05) is 36.7 Å². The Morgan fingerprint density at radius 1 is 1.28 bits per heavy atom. The lowest BCUT2D eigenvalue weighted by Gasteiger charge is -2.01. The zero-order valence-electron chi connectivity index (χ0n) is 14.8. The van der Waals surface area contributed by atoms with Gasteiger partial charge in [0, 0.05) is 12.6 Å². The van der Waals surface area contributed by atoms with Crippen molar-refractivity contribution in [2.75, 3.05) is 0 Å². The Bertz CT molecular complexity index is 877. The second kappa shape index (κ2) is 6.88. The molecule has 0 aliphatic carbocycles. The standard InChI is InChI=1S/C18H21N5O2/c1-11(2)14-9-15(23(4)21-14)17(24)19-10-16-20-18(25-22-16)13-7-5-12(3)6-8-13/h5-9,11H,10H2,1-4H3,(H,19,24). The van der Waals surface area contributed by atoms with Crippen LogP contribution in [0.3, 0.4) is 0 Å². The first-order chi connectivity index (χ1) is 11.9. The second-order valence-corrected chi connectivity index (χ2v) is 6.30. The highest BCUT2D eigenvalue weighted by atomic mass is 16.5. The first kappa shape index (κ1) is 16.9. The van der Waals surface area contributed by atoms with Gasteiger partial charge in [-0.3, -0.25) is 9.48 Å². The van der Waals surface area contributed by atoms with Crippen LogP contribution in [0.1, 0.15) is 47.3 Å². The molecule has 0 aliphatic heterocycles. The minimum atomic E-state index is -0.219. The fourth-order valence-corrected chi connectivity index (χ4v) is 2.37. The van der Waals surface area contributed by atoms with Crippen LogP contribution in [0.2, 0.25) is 0 Å². The van der Waals surface area contributed by atoms with Crippen molar-refractivity contribution in [3.05, 3.63) is 53.1 Å². The maximum absolute atomic E-state index is 12.3. The van der Waals surface area contributed by atoms with E-state index in [-0.39, 0.29) is 18.4 Å². The largest absolute Gasteiger partial charge is 0.343 e. The summed E-state index contributed by atoms with van der Waals surface area (Å²) in [5.74, 6) is 0.910. The number of hydrogen-bond acceptors (Lipinski definition) is 5. The van der Waals surface area contributed by atoms with E-state index in [4.69, 9.17) is 4.52 Å². The number of carbonyl (C=O) groups excluding carboxylic acids is 1. The van der Waals surface area contributed by atoms with Gasteiger partial charge < -0.3 is 9.84 Å². The Balaban J connectivity index is 1.66. The van der Waals surface area contributed by atoms with Crippen molar-refractivity contribution >= 4 is 5.91 Å². The van der Waals surface area contributed by atoms with Crippen LogP contribution >= 0.6 is 0 Å². The number of carbonyl (C=O) groups is 1. The smallest absolute Gasteiger partial charge is 0.269 e. The molecule has 7 nitrogen and oxygen atoms in total. The molecule has 2 heterocycles. The van der Waals surface area contributed by atoms with E-state index in [0.29, 0.717) is 17.4 Å². The molecule has 25 heavy (non-hydrogen) atoms. The summed E-state index contributed by atoms with van der Waals surface area (Å²) < 4.78 is 6.84. The molecule has 3 rings (SSSR count). The zero-order chi connectivity index (χ0) is 18.0. The van der Waals surface area contributed by atoms with Gasteiger partial charge >= 0.3 is 0 Å². The molecule has 0 fully saturated rings. The van der Waals surface area contributed by atoms with Gasteiger partial charge in [0.1, 0.15) is 5.69 Å². The van der Waals surface area contributed by atoms with Crippen molar-refractivity contribution in [1.82, 2.24) is 25.2 Å². The van der Waals surface area contributed by atoms with Gasteiger partial charge in [-0.05, 0) is 31.0 Å². The number of nitrogens with one attached hydrogen (secondary N) is 1. The van der Waals surface area contributed by atoms with E-state index in [9.17, 15) is 4.79 Å². The summed E-state index contributed by atoms with van der Waals surface area (Å²) >= 11 is 0. The fourth-order valence-electron chi connectivity index (χ4n) is 2.37. The van der Waals surface area contributed by atoms with Crippen LogP contribution in [-0.2, 0) is 13.6 Å². The molecular formula is C18H21N5O2. The van der Waals surface area contributed by atoms with Gasteiger partial charge in [0.15, 0.2) is 5.82 Å². The van der Waals surface area contributed by atoms with Gasteiger partial charge in [-0.2, -0.15) is 10.1 Å². The summed E-state index contributed by atoms with van der Waals surface area (Å²) in [4.78, 5) is 16.6. The van der Waals surface area contributed by atoms with Crippen molar-refractivity contribution in [1.29, 1.82) is 0 Å². The highest BCUT2D eigenvalue weighted by molar-refractivity contribution is 5.92. The van der Waals surface area contributed by atoms with Crippen LogP contribution in [0, 0.1) is 6.92 Å². The Kier molecular flexibility index (Phi) is 4.65. The first-order valence-electron chi connectivity index (χ1n) is 8.16. The minimum absolute atomic E-state index is 0.191. The summed E-state index contributed by atoms with van der Waals surface area (Å²) in [6.07, 6.45) is 0. The zero-order valence-corrected chi connectivity index (χ0v) is 14.8. The molecule has 0 atom stereocenters. The van der Waals surface area contributed by atoms with E-state index in [2.05, 4.69) is 20.6 Å². The summed E-state index contributed by atoms with van der Waals surface area (Å²) in [5, 5.41) is 11.1. The fraction of sp³-hybridized carbons (Fsp3) is 0.333. The summed E-state index contributed by atoms with van der Waals surface area (Å²) in [7, 11) is 1.75. The molecular weight excluding hydrogens is 318 g/mol. The lowest BCUT2D eigenvalue weighted by molar-refractivity contribution is 0.0940. The first-order valence-corrected chi connectivity index (χ1v) is 8.16. The average molecular weight is 339 g/mol. The molecule has 3 aromatic rings. The number of hydrogen-bond donors (Lipinski definition) is 1. The Morgan fingerprint density at radius 2 is 2.00 bits per heavy atom. The van der Waals surface area contributed by atoms with E-state index >= 15 is 0 Å². The lowest BCUT2D eigenvalue weighted by Crippen LogP contribution is -2.25. The van der Waals surface area contributed by atoms with E-state index in [1.807, 2.05) is 45.0 Å². The van der Waals surface area contributed by atoms with Crippen LogP contribution in [0.4, 0.5) is 0 Å². The second-order valence-electron chi connectivity index (χ2n) is 6.30. The molecule has 1 N–H and O–H groups in total. The normalized spacial score (nSPS) is 11.1. The Labute approximate surface area is 146 Å². The van der Waals surface area contributed by atoms with Crippen LogP contribution in [0.15, 0.2) is 34.9 Å². The van der Waals surface area contributed by atoms with Crippen molar-refractivity contribution in [3.8, 4) is 11.5 Å². The maximum Gasteiger partial charge on any atom is 0.269 e. The third-order valence-corrected chi connectivity index (χ3v) is 3.90. The van der Waals surface area contributed by atoms with E-state index in [1.54, 1.807) is 17.8 Å². The third kappa shape index (κ3) is 3.76. The quantitative estimate of drug-likeness (QED) is 0.772. The van der Waals surface area contributed by atoms with Crippen LogP contribution in [-0.4, -0.2) is 25.8 Å². The van der Waals surface area contributed by atoms with Crippen molar-refractivity contribution < 1.29 is 9.32 Å². The average Bonchev–Trinajstić information content (AvgIpc) is 3.20. The van der Waals surface area contributed by atoms with Crippen LogP contribution in [0.5, 0.6) is 0 Å². The molecule has 0 radical (unpaired) electrons. The Hall–Kier alpha value is -2.96. The Morgan fingerprint density at radius 3 is 2.64 bits per heavy atom. The van der Waals surface area contributed by atoms with Crippen molar-refractivity contribution in [3.63, 3.8) is 0 Å². The lowest BCUT2D eigenvalue weighted by atomic mass is 10.1. The molecule has 0 spiro atoms. The number of amides is 1. The molecule has 130 valence electrons. The van der Waals surface area contributed by atoms with E-state index < -0.39 is 0 Å². The molecule has 1 amide bonds. The van der Waals surface area contributed by atoms with Crippen LogP contribution in [0.25, 0.3) is 11.5 Å². The number of aromatic nitrogens is 4. The van der Waals surface area contributed by atoms with Crippen molar-refractivity contribution in [2.45, 2.75) is 33.2 Å². The topological polar surface area (TPSA) is 85.8 Å². The van der Waals surface area contributed by atoms with Gasteiger partial charge in [-0.15, -0.1) is 0 Å². The van der Waals surface area contributed by atoms with E-state index in [0.717, 1.165) is 16.8 Å². The monoisotopic (exact) mass is 339 g/mol. The number of benzene rings is 1. The number of nitrogens with zero attached hydrogens (tertiary/aromatic N) is 4. The number of rotatable bonds is 5. The molecule has 0 saturated heterocycles. The highest BCUT2D eigenvalue weighted by Crippen LogP contribution is 2.17. The predicted octanol–water partition coefficient (Wildman–Crippen LogP) is 2.83. The summed E-state index contributed by atoms with van der Waals surface area (Å²) in [6, 6.07) is 9.61. The van der Waals surface area contributed by atoms with Gasteiger partial charge in [0.25, 0.3) is 11.8 Å². The number of aryl methyl sites for hydroxylation is 2. The molecule has 7 heteroatoms. The molecule has 2 aromatic heterocycles. The van der Waals surface area contributed by atoms with Gasteiger partial charge in [0.05, 0.1) is 12.2 Å². The van der Waals surface area contributed by atoms with Gasteiger partial charge in [-0.25, -0.2) is 0 Å². The predicted molar refractivity (Wildman–Crippen MR) is 92.9 cm³/mol. The summed E-state index contributed by atoms with van der Waals surface area (Å²) in [6.45, 7) is 6.28. The molecule has 0 bridgehead atoms. The van der Waals surface area contributed by atoms with Gasteiger partial charge in [0.2, 0.25) is 0 Å². The van der Waals surface area contributed by atoms with Crippen LogP contribution < -0.4 is 5.32 Å². The molecule has 1 aromatic carbocycles. The molecule has 0 unspecified atom stereocenters. The molecule has 0 aliphatic rings. The highest BCUT2D eigenvalue weighted by Gasteiger charge is 2.16. The maximum atomic E-state index is 12.3. The summed E-state index contributed by atoms with van der Waals surface area (Å²) in [5.41, 5.74) is 3.40. The minimum Gasteiger partial charge on any atom is -0.343 e. The third-order valence-electron chi connectivity index (χ3n) is 3.90. The SMILES string of the molecule is Cc1ccc(-c2nc(CNC(=O)c3cc(C(C)C)nn3C)no2)cc1. The van der Waals surface area contributed by atoms with Crippen molar-refractivity contribution in [2.24, 2.45) is 7.05 Å². The molecule has 0 saturated carbocycles. The van der Waals surface area contributed by atoms with E-state index in [1.165, 1.54) is 0 Å².